The summed E-state index contributed by atoms with van der Waals surface area (Å²) in [5.41, 5.74) is 0.791. The molecule has 1 unspecified atom stereocenters. The minimum absolute atomic E-state index is 0.183. The second kappa shape index (κ2) is 5.71. The second-order valence-corrected chi connectivity index (χ2v) is 4.72. The summed E-state index contributed by atoms with van der Waals surface area (Å²) in [5, 5.41) is 9.95. The van der Waals surface area contributed by atoms with Gasteiger partial charge in [0.25, 0.3) is 0 Å². The van der Waals surface area contributed by atoms with Crippen LogP contribution in [-0.4, -0.2) is 24.4 Å². The fourth-order valence-corrected chi connectivity index (χ4v) is 2.10. The molecule has 3 nitrogen and oxygen atoms in total. The first-order valence-corrected chi connectivity index (χ1v) is 6.26. The smallest absolute Gasteiger partial charge is 0.138 e. The highest BCUT2D eigenvalue weighted by molar-refractivity contribution is 6.32. The number of hydrogen-bond donors (Lipinski definition) is 1. The van der Waals surface area contributed by atoms with Crippen molar-refractivity contribution in [2.75, 3.05) is 13.2 Å². The van der Waals surface area contributed by atoms with E-state index >= 15 is 0 Å². The SMILES string of the molecule is C[C@H](O)c1ccc(OCC2CCCO2)c(Cl)c1. The van der Waals surface area contributed by atoms with Crippen molar-refractivity contribution in [1.29, 1.82) is 0 Å². The fourth-order valence-electron chi connectivity index (χ4n) is 1.85. The molecule has 0 aromatic heterocycles. The normalized spacial score (nSPS) is 21.5. The molecular formula is C13H17ClO3. The first kappa shape index (κ1) is 12.7. The van der Waals surface area contributed by atoms with Crippen LogP contribution in [0.4, 0.5) is 0 Å². The van der Waals surface area contributed by atoms with Gasteiger partial charge in [-0.1, -0.05) is 17.7 Å². The van der Waals surface area contributed by atoms with Gasteiger partial charge in [-0.2, -0.15) is 0 Å². The van der Waals surface area contributed by atoms with Crippen molar-refractivity contribution in [2.45, 2.75) is 32.0 Å². The van der Waals surface area contributed by atoms with Gasteiger partial charge >= 0.3 is 0 Å². The molecule has 1 heterocycles. The number of benzene rings is 1. The molecule has 1 aliphatic rings. The maximum atomic E-state index is 9.42. The molecule has 1 saturated heterocycles. The van der Waals surface area contributed by atoms with Crippen LogP contribution < -0.4 is 4.74 Å². The fraction of sp³-hybridized carbons (Fsp3) is 0.538. The molecular weight excluding hydrogens is 240 g/mol. The van der Waals surface area contributed by atoms with Gasteiger partial charge < -0.3 is 14.6 Å². The summed E-state index contributed by atoms with van der Waals surface area (Å²) in [5.74, 6) is 0.645. The van der Waals surface area contributed by atoms with Crippen LogP contribution in [0.15, 0.2) is 18.2 Å². The van der Waals surface area contributed by atoms with Gasteiger partial charge in [-0.15, -0.1) is 0 Å². The van der Waals surface area contributed by atoms with Gasteiger partial charge in [0.2, 0.25) is 0 Å². The molecule has 17 heavy (non-hydrogen) atoms. The van der Waals surface area contributed by atoms with Crippen LogP contribution in [0.3, 0.4) is 0 Å². The van der Waals surface area contributed by atoms with Crippen molar-refractivity contribution in [3.05, 3.63) is 28.8 Å². The van der Waals surface area contributed by atoms with Crippen LogP contribution in [-0.2, 0) is 4.74 Å². The topological polar surface area (TPSA) is 38.7 Å². The maximum absolute atomic E-state index is 9.42. The van der Waals surface area contributed by atoms with Crippen LogP contribution in [0, 0.1) is 0 Å². The van der Waals surface area contributed by atoms with E-state index in [4.69, 9.17) is 21.1 Å². The molecule has 1 fully saturated rings. The Balaban J connectivity index is 1.96. The van der Waals surface area contributed by atoms with E-state index in [1.54, 1.807) is 19.1 Å². The molecule has 0 saturated carbocycles. The lowest BCUT2D eigenvalue weighted by Crippen LogP contribution is -2.16. The zero-order chi connectivity index (χ0) is 12.3. The van der Waals surface area contributed by atoms with Crippen molar-refractivity contribution in [1.82, 2.24) is 0 Å². The van der Waals surface area contributed by atoms with Crippen molar-refractivity contribution in [3.8, 4) is 5.75 Å². The molecule has 2 atom stereocenters. The zero-order valence-electron chi connectivity index (χ0n) is 9.86. The Bertz CT molecular complexity index is 373. The Morgan fingerprint density at radius 3 is 3.00 bits per heavy atom. The molecule has 0 amide bonds. The van der Waals surface area contributed by atoms with Gasteiger partial charge in [-0.05, 0) is 37.5 Å². The van der Waals surface area contributed by atoms with Crippen LogP contribution >= 0.6 is 11.6 Å². The summed E-state index contributed by atoms with van der Waals surface area (Å²) in [6, 6.07) is 5.35. The summed E-state index contributed by atoms with van der Waals surface area (Å²) in [6.45, 7) is 3.06. The van der Waals surface area contributed by atoms with Gasteiger partial charge in [-0.3, -0.25) is 0 Å². The van der Waals surface area contributed by atoms with Crippen molar-refractivity contribution >= 4 is 11.6 Å². The van der Waals surface area contributed by atoms with Crippen molar-refractivity contribution in [2.24, 2.45) is 0 Å². The van der Waals surface area contributed by atoms with Gasteiger partial charge in [0.05, 0.1) is 17.2 Å². The Morgan fingerprint density at radius 2 is 2.41 bits per heavy atom. The molecule has 0 bridgehead atoms. The third-order valence-corrected chi connectivity index (χ3v) is 3.18. The van der Waals surface area contributed by atoms with Gasteiger partial charge in [0, 0.05) is 6.61 Å². The van der Waals surface area contributed by atoms with E-state index < -0.39 is 6.10 Å². The van der Waals surface area contributed by atoms with Gasteiger partial charge in [0.1, 0.15) is 12.4 Å². The second-order valence-electron chi connectivity index (χ2n) is 4.31. The lowest BCUT2D eigenvalue weighted by Gasteiger charge is -2.13. The molecule has 4 heteroatoms. The highest BCUT2D eigenvalue weighted by atomic mass is 35.5. The summed E-state index contributed by atoms with van der Waals surface area (Å²) in [7, 11) is 0. The molecule has 0 spiro atoms. The summed E-state index contributed by atoms with van der Waals surface area (Å²) >= 11 is 6.08. The third kappa shape index (κ3) is 3.35. The highest BCUT2D eigenvalue weighted by Gasteiger charge is 2.16. The van der Waals surface area contributed by atoms with Gasteiger partial charge in [0.15, 0.2) is 0 Å². The Hall–Kier alpha value is -0.770. The highest BCUT2D eigenvalue weighted by Crippen LogP contribution is 2.28. The largest absolute Gasteiger partial charge is 0.489 e. The van der Waals surface area contributed by atoms with E-state index in [1.165, 1.54) is 0 Å². The minimum Gasteiger partial charge on any atom is -0.489 e. The van der Waals surface area contributed by atoms with Gasteiger partial charge in [-0.25, -0.2) is 0 Å². The summed E-state index contributed by atoms with van der Waals surface area (Å²) in [6.07, 6.45) is 1.81. The maximum Gasteiger partial charge on any atom is 0.138 e. The molecule has 0 aliphatic carbocycles. The van der Waals surface area contributed by atoms with Crippen molar-refractivity contribution in [3.63, 3.8) is 0 Å². The average molecular weight is 257 g/mol. The predicted molar refractivity (Wildman–Crippen MR) is 66.6 cm³/mol. The molecule has 1 aromatic carbocycles. The molecule has 0 radical (unpaired) electrons. The number of ether oxygens (including phenoxy) is 2. The van der Waals surface area contributed by atoms with Crippen LogP contribution in [0.5, 0.6) is 5.75 Å². The number of aliphatic hydroxyl groups is 1. The molecule has 1 aromatic rings. The van der Waals surface area contributed by atoms with Crippen molar-refractivity contribution < 1.29 is 14.6 Å². The molecule has 1 N–H and O–H groups in total. The first-order valence-electron chi connectivity index (χ1n) is 5.88. The van der Waals surface area contributed by atoms with E-state index in [0.717, 1.165) is 25.0 Å². The Labute approximate surface area is 106 Å². The van der Waals surface area contributed by atoms with E-state index in [0.29, 0.717) is 17.4 Å². The number of rotatable bonds is 4. The Kier molecular flexibility index (Phi) is 4.26. The summed E-state index contributed by atoms with van der Waals surface area (Å²) in [4.78, 5) is 0. The molecule has 94 valence electrons. The quantitative estimate of drug-likeness (QED) is 0.900. The lowest BCUT2D eigenvalue weighted by atomic mass is 10.1. The third-order valence-electron chi connectivity index (χ3n) is 2.89. The van der Waals surface area contributed by atoms with E-state index in [-0.39, 0.29) is 6.10 Å². The summed E-state index contributed by atoms with van der Waals surface area (Å²) < 4.78 is 11.1. The lowest BCUT2D eigenvalue weighted by molar-refractivity contribution is 0.0679. The number of halogens is 1. The first-order chi connectivity index (χ1) is 8.16. The van der Waals surface area contributed by atoms with E-state index in [2.05, 4.69) is 0 Å². The van der Waals surface area contributed by atoms with Crippen LogP contribution in [0.2, 0.25) is 5.02 Å². The number of hydrogen-bond acceptors (Lipinski definition) is 3. The zero-order valence-corrected chi connectivity index (χ0v) is 10.6. The monoisotopic (exact) mass is 256 g/mol. The van der Waals surface area contributed by atoms with Crippen LogP contribution in [0.1, 0.15) is 31.4 Å². The predicted octanol–water partition coefficient (Wildman–Crippen LogP) is 2.95. The standard InChI is InChI=1S/C13H17ClO3/c1-9(15)10-4-5-13(12(14)7-10)17-8-11-3-2-6-16-11/h4-5,7,9,11,15H,2-3,6,8H2,1H3/t9-,11?/m0/s1. The Morgan fingerprint density at radius 1 is 1.59 bits per heavy atom. The van der Waals surface area contributed by atoms with E-state index in [1.807, 2.05) is 6.07 Å². The average Bonchev–Trinajstić information content (AvgIpc) is 2.80. The van der Waals surface area contributed by atoms with E-state index in [9.17, 15) is 5.11 Å². The molecule has 2 rings (SSSR count). The number of aliphatic hydroxyl groups excluding tert-OH is 1. The molecule has 1 aliphatic heterocycles. The minimum atomic E-state index is -0.514. The van der Waals surface area contributed by atoms with Crippen LogP contribution in [0.25, 0.3) is 0 Å².